The van der Waals surface area contributed by atoms with Crippen LogP contribution in [0.3, 0.4) is 0 Å². The van der Waals surface area contributed by atoms with Gasteiger partial charge >= 0.3 is 47.8 Å². The lowest BCUT2D eigenvalue weighted by Crippen LogP contribution is -2.61. The summed E-state index contributed by atoms with van der Waals surface area (Å²) in [4.78, 5) is 126. The molecule has 3 unspecified atom stereocenters. The van der Waals surface area contributed by atoms with Crippen LogP contribution in [0.5, 0.6) is 5.75 Å². The van der Waals surface area contributed by atoms with E-state index in [0.717, 1.165) is 113 Å². The van der Waals surface area contributed by atoms with Crippen molar-refractivity contribution in [2.45, 2.75) is 605 Å². The summed E-state index contributed by atoms with van der Waals surface area (Å²) in [6, 6.07) is 4.22. The van der Waals surface area contributed by atoms with Gasteiger partial charge in [0.05, 0.1) is 30.6 Å². The third kappa shape index (κ3) is 34.0. The lowest BCUT2D eigenvalue weighted by molar-refractivity contribution is -0.182. The topological polar surface area (TPSA) is 257 Å². The monoisotopic (exact) mass is 2030 g/mol. The van der Waals surface area contributed by atoms with Crippen LogP contribution in [0.1, 0.15) is 467 Å². The van der Waals surface area contributed by atoms with Gasteiger partial charge in [0.15, 0.2) is 0 Å². The number of esters is 8. The summed E-state index contributed by atoms with van der Waals surface area (Å²) in [6.07, 6.45) is 16.9. The Morgan fingerprint density at radius 3 is 0.674 bits per heavy atom. The van der Waals surface area contributed by atoms with Crippen molar-refractivity contribution in [2.75, 3.05) is 56.4 Å². The minimum absolute atomic E-state index is 0.0142. The number of phenols is 1. The second-order valence-electron chi connectivity index (χ2n) is 57.7. The summed E-state index contributed by atoms with van der Waals surface area (Å²) in [5.74, 6) is -5.48. The highest BCUT2D eigenvalue weighted by atomic mass is 16.6. The zero-order chi connectivity index (χ0) is 111. The van der Waals surface area contributed by atoms with E-state index in [2.05, 4.69) is 378 Å². The van der Waals surface area contributed by atoms with E-state index < -0.39 is 73.0 Å². The Morgan fingerprint density at radius 2 is 0.479 bits per heavy atom. The third-order valence-corrected chi connectivity index (χ3v) is 36.4. The number of benzene rings is 1. The van der Waals surface area contributed by atoms with Crippen molar-refractivity contribution in [3.63, 3.8) is 0 Å². The second-order valence-corrected chi connectivity index (χ2v) is 57.7. The van der Waals surface area contributed by atoms with E-state index >= 15 is 0 Å². The molecule has 1 N–H and O–H groups in total. The Bertz CT molecular complexity index is 4120. The Balaban J connectivity index is 0.000000322. The third-order valence-electron chi connectivity index (χ3n) is 36.4. The maximum absolute atomic E-state index is 14.8. The number of nitrogens with zero attached hydrogens (tertiary/aromatic N) is 8. The average Bonchev–Trinajstić information content (AvgIpc) is 0.763. The van der Waals surface area contributed by atoms with E-state index in [9.17, 15) is 43.5 Å². The normalized spacial score (nSPS) is 25.3. The summed E-state index contributed by atoms with van der Waals surface area (Å²) in [5.41, 5.74) is 0.647. The van der Waals surface area contributed by atoms with E-state index in [1.165, 1.54) is 6.92 Å². The highest BCUT2D eigenvalue weighted by Gasteiger charge is 2.55. The zero-order valence-corrected chi connectivity index (χ0v) is 101. The van der Waals surface area contributed by atoms with Crippen molar-refractivity contribution in [1.82, 2.24) is 39.2 Å². The van der Waals surface area contributed by atoms with Gasteiger partial charge in [-0.25, -0.2) is 0 Å². The van der Waals surface area contributed by atoms with Gasteiger partial charge in [-0.05, 0) is 331 Å². The maximum atomic E-state index is 14.8. The zero-order valence-electron chi connectivity index (χ0n) is 101. The van der Waals surface area contributed by atoms with E-state index in [-0.39, 0.29) is 154 Å². The van der Waals surface area contributed by atoms with Crippen LogP contribution in [0.4, 0.5) is 0 Å². The second kappa shape index (κ2) is 47.0. The number of likely N-dealkylation sites (tertiary alicyclic amines) is 8. The molecule has 25 heteroatoms. The fourth-order valence-corrected chi connectivity index (χ4v) is 25.9. The number of rotatable bonds is 28. The first kappa shape index (κ1) is 127. The number of carbonyl (C=O) groups is 8. The van der Waals surface area contributed by atoms with Gasteiger partial charge in [-0.1, -0.05) is 86.3 Å². The molecule has 25 nitrogen and oxygen atoms in total. The van der Waals surface area contributed by atoms with Crippen molar-refractivity contribution in [3.8, 4) is 5.75 Å². The van der Waals surface area contributed by atoms with E-state index in [1.807, 2.05) is 0 Å². The van der Waals surface area contributed by atoms with Crippen LogP contribution in [-0.4, -0.2) is 286 Å². The van der Waals surface area contributed by atoms with Crippen LogP contribution in [-0.2, 0) is 93.5 Å². The Morgan fingerprint density at radius 1 is 0.292 bits per heavy atom. The molecule has 8 aliphatic heterocycles. The molecule has 1 aromatic rings. The summed E-state index contributed by atoms with van der Waals surface area (Å²) in [7, 11) is 17.0. The number of phenolic OH excluding ortho intramolecular Hbond substituents is 1. The predicted octanol–water partition coefficient (Wildman–Crippen LogP) is 23.2. The minimum Gasteiger partial charge on any atom is -0.507 e. The molecular weight excluding hydrogens is 1810 g/mol. The van der Waals surface area contributed by atoms with Gasteiger partial charge in [0.25, 0.3) is 0 Å². The molecule has 0 saturated carbocycles. The molecule has 9 rings (SSSR count). The molecule has 8 fully saturated rings. The lowest BCUT2D eigenvalue weighted by atomic mass is 9.77. The van der Waals surface area contributed by atoms with Crippen molar-refractivity contribution >= 4 is 47.8 Å². The lowest BCUT2D eigenvalue weighted by Gasteiger charge is -2.53. The summed E-state index contributed by atoms with van der Waals surface area (Å²) in [6.45, 7) is 86.0. The first-order valence-corrected chi connectivity index (χ1v) is 55.2. The highest BCUT2D eigenvalue weighted by molar-refractivity contribution is 5.89. The summed E-state index contributed by atoms with van der Waals surface area (Å²) >= 11 is 0. The molecular formula is C119H214N8O17. The molecule has 8 heterocycles. The van der Waals surface area contributed by atoms with Gasteiger partial charge in [-0.3, -0.25) is 77.6 Å². The average molecular weight is 2030 g/mol. The molecule has 1 aromatic carbocycles. The summed E-state index contributed by atoms with van der Waals surface area (Å²) in [5, 5.41) is 11.1. The van der Waals surface area contributed by atoms with E-state index in [0.29, 0.717) is 76.4 Å². The number of hydrogen-bond acceptors (Lipinski definition) is 25. The predicted molar refractivity (Wildman–Crippen MR) is 582 cm³/mol. The molecule has 0 radical (unpaired) electrons. The Hall–Kier alpha value is -5.54. The van der Waals surface area contributed by atoms with Gasteiger partial charge in [0.1, 0.15) is 54.6 Å². The van der Waals surface area contributed by atoms with Gasteiger partial charge in [0, 0.05) is 211 Å². The number of carbonyl (C=O) groups excluding carboxylic acids is 8. The minimum atomic E-state index is -1.34. The van der Waals surface area contributed by atoms with Gasteiger partial charge < -0.3 is 43.0 Å². The molecule has 832 valence electrons. The maximum Gasteiger partial charge on any atom is 0.310 e. The molecule has 8 saturated heterocycles. The molecule has 0 aliphatic carbocycles. The van der Waals surface area contributed by atoms with Crippen LogP contribution in [0.2, 0.25) is 0 Å². The van der Waals surface area contributed by atoms with Crippen LogP contribution in [0.15, 0.2) is 12.1 Å². The van der Waals surface area contributed by atoms with Crippen LogP contribution in [0.25, 0.3) is 0 Å². The number of unbranched alkanes of at least 4 members (excludes halogenated alkanes) is 4. The number of piperidine rings is 8. The quantitative estimate of drug-likeness (QED) is 0.0464. The molecule has 0 aromatic heterocycles. The Kier molecular flexibility index (Phi) is 41.5. The van der Waals surface area contributed by atoms with Gasteiger partial charge in [0.2, 0.25) is 0 Å². The number of hydrogen-bond donors (Lipinski definition) is 1. The van der Waals surface area contributed by atoms with Gasteiger partial charge in [-0.2, -0.15) is 0 Å². The molecule has 144 heavy (non-hydrogen) atoms. The molecule has 3 atom stereocenters. The summed E-state index contributed by atoms with van der Waals surface area (Å²) < 4.78 is 48.5. The SMILES string of the molecule is CC(=O)OC1CC(C)(C)N(C)C(C)(C)C1.CCCCC(Cc1cc(C(C)(C)C)c(O)c(C(C)(C)C)c1)C(=O)OC1CC(C)(C)N(C)C(C)(C)C1.CN1C(C)(C)CC(OC(=O)CC(C(=O)OC2CC(C)(C)N(C)C(C)(C)C2)C(CC(=O)OC2CC(C)(C)N(C)C(C)(C)C2)C(=O)OC2CC(C)(C)N(C)C(C)(C)C2)CC1(C)C.CN1C(C)(C)CC(OC(=O)CCCCCCC(=O)OC2CC(C)(C)N(C)C(C)(C)C2)CC1(C)C. The number of ether oxygens (including phenoxy) is 8. The van der Waals surface area contributed by atoms with Crippen LogP contribution < -0.4 is 0 Å². The van der Waals surface area contributed by atoms with Crippen LogP contribution in [0, 0.1) is 17.8 Å². The largest absolute Gasteiger partial charge is 0.507 e. The molecule has 0 amide bonds. The Labute approximate surface area is 877 Å². The fraction of sp³-hybridized carbons (Fsp3) is 0.882. The van der Waals surface area contributed by atoms with Crippen molar-refractivity contribution in [3.05, 3.63) is 28.8 Å². The van der Waals surface area contributed by atoms with E-state index in [1.54, 1.807) is 0 Å². The fourth-order valence-electron chi connectivity index (χ4n) is 25.9. The molecule has 0 spiro atoms. The van der Waals surface area contributed by atoms with Crippen LogP contribution >= 0.6 is 0 Å². The highest BCUT2D eigenvalue weighted by Crippen LogP contribution is 2.49. The standard InChI is InChI=1S/C48H86N4O8.C31H53NO3.C28H52N2O4.C12H23NO2/c1-41(2)23-31(24-42(3,4)49(41)17)57-37(53)21-35(39(55)59-33-27-45(9,10)51(19)46(11,12)28-33)36(40(56)60-34-29-47(13,14)52(20)48(15,16)30-34)22-38(54)58-32-25-43(5,6)50(18)44(7,8)26-32;1-13-14-15-22(27(34)35-23-19-30(8,9)32(12)31(10,11)20-23)16-21-17-24(28(2,3)4)26(33)25(18-21)29(5,6)7;1-25(2)17-21(18-26(3,4)29(25)9)33-23(31)15-13-11-12-14-16-24(32)34-22-19-27(5,6)30(10)28(7,8)20-22;1-9(14)15-10-7-11(2,3)13(6)12(4,5)8-10/h31-36H,21-30H2,1-20H3;17-18,22-23,33H,13-16,19-20H2,1-12H3;21-22H,11-20H2,1-10H3;10H,7-8H2,1-6H3. The smallest absolute Gasteiger partial charge is 0.310 e. The van der Waals surface area contributed by atoms with E-state index in [4.69, 9.17) is 37.9 Å². The first-order chi connectivity index (χ1) is 64.8. The van der Waals surface area contributed by atoms with Crippen molar-refractivity contribution < 1.29 is 81.4 Å². The van der Waals surface area contributed by atoms with Crippen molar-refractivity contribution in [2.24, 2.45) is 17.8 Å². The number of aromatic hydroxyl groups is 1. The first-order valence-electron chi connectivity index (χ1n) is 55.2. The molecule has 0 bridgehead atoms. The van der Waals surface area contributed by atoms with Crippen molar-refractivity contribution in [1.29, 1.82) is 0 Å². The molecule has 8 aliphatic rings. The van der Waals surface area contributed by atoms with Gasteiger partial charge in [-0.15, -0.1) is 0 Å².